The topological polar surface area (TPSA) is 59.2 Å². The van der Waals surface area contributed by atoms with Gasteiger partial charge in [0.1, 0.15) is 11.3 Å². The van der Waals surface area contributed by atoms with E-state index >= 15 is 0 Å². The zero-order chi connectivity index (χ0) is 31.6. The fraction of sp³-hybridized carbons (Fsp3) is 0.300. The summed E-state index contributed by atoms with van der Waals surface area (Å²) < 4.78 is 6.44. The van der Waals surface area contributed by atoms with Crippen molar-refractivity contribution in [1.82, 2.24) is 9.97 Å². The number of aromatic nitrogens is 2. The zero-order valence-corrected chi connectivity index (χ0v) is 27.3. The Kier molecular flexibility index (Phi) is 6.96. The number of hydrogen-bond donors (Lipinski definition) is 1. The number of aromatic hydroxyl groups is 1. The molecule has 4 aromatic carbocycles. The van der Waals surface area contributed by atoms with Gasteiger partial charge in [-0.1, -0.05) is 98.7 Å². The van der Waals surface area contributed by atoms with Crippen LogP contribution in [0.15, 0.2) is 89.5 Å². The summed E-state index contributed by atoms with van der Waals surface area (Å²) in [6.45, 7) is 20.3. The van der Waals surface area contributed by atoms with E-state index in [4.69, 9.17) is 14.4 Å². The van der Waals surface area contributed by atoms with E-state index < -0.39 is 0 Å². The number of oxazole rings is 1. The van der Waals surface area contributed by atoms with Gasteiger partial charge in [0.05, 0.1) is 5.52 Å². The van der Waals surface area contributed by atoms with Crippen molar-refractivity contribution in [2.75, 3.05) is 0 Å². The van der Waals surface area contributed by atoms with E-state index in [0.29, 0.717) is 11.5 Å². The molecule has 4 nitrogen and oxygen atoms in total. The molecule has 6 aromatic rings. The number of rotatable bonds is 3. The first-order valence-corrected chi connectivity index (χ1v) is 15.4. The molecule has 0 bridgehead atoms. The molecule has 0 unspecified atom stereocenters. The number of phenols is 1. The van der Waals surface area contributed by atoms with Crippen molar-refractivity contribution < 1.29 is 9.52 Å². The maximum atomic E-state index is 10.6. The third kappa shape index (κ3) is 5.38. The second-order valence-electron chi connectivity index (χ2n) is 15.0. The molecule has 1 N–H and O–H groups in total. The van der Waals surface area contributed by atoms with Gasteiger partial charge in [-0.05, 0) is 81.0 Å². The van der Waals surface area contributed by atoms with Crippen LogP contribution in [0, 0.1) is 0 Å². The van der Waals surface area contributed by atoms with Crippen molar-refractivity contribution in [2.24, 2.45) is 0 Å². The molecular weight excluding hydrogens is 540 g/mol. The summed E-state index contributed by atoms with van der Waals surface area (Å²) in [7, 11) is 0. The number of phenolic OH excluding ortho intramolecular Hbond substituents is 1. The van der Waals surface area contributed by atoms with Crippen molar-refractivity contribution in [1.29, 1.82) is 0 Å². The summed E-state index contributed by atoms with van der Waals surface area (Å²) in [5, 5.41) is 11.8. The van der Waals surface area contributed by atoms with Gasteiger partial charge in [0, 0.05) is 33.8 Å². The van der Waals surface area contributed by atoms with Crippen LogP contribution in [0.2, 0.25) is 0 Å². The van der Waals surface area contributed by atoms with Crippen LogP contribution in [-0.2, 0) is 16.2 Å². The Morgan fingerprint density at radius 3 is 1.93 bits per heavy atom. The van der Waals surface area contributed by atoms with Gasteiger partial charge in [0.15, 0.2) is 5.58 Å². The van der Waals surface area contributed by atoms with Crippen LogP contribution >= 0.6 is 0 Å². The van der Waals surface area contributed by atoms with Crippen LogP contribution in [0.4, 0.5) is 0 Å². The third-order valence-corrected chi connectivity index (χ3v) is 8.49. The Bertz CT molecular complexity index is 2030. The van der Waals surface area contributed by atoms with Crippen molar-refractivity contribution in [3.05, 3.63) is 102 Å². The molecule has 0 amide bonds. The van der Waals surface area contributed by atoms with Crippen LogP contribution in [0.3, 0.4) is 0 Å². The van der Waals surface area contributed by atoms with E-state index in [1.165, 1.54) is 22.1 Å². The second kappa shape index (κ2) is 10.3. The smallest absolute Gasteiger partial charge is 0.227 e. The normalized spacial score (nSPS) is 12.8. The molecule has 224 valence electrons. The monoisotopic (exact) mass is 582 g/mol. The Balaban J connectivity index is 1.63. The fourth-order valence-corrected chi connectivity index (χ4v) is 5.89. The van der Waals surface area contributed by atoms with E-state index in [-0.39, 0.29) is 22.0 Å². The summed E-state index contributed by atoms with van der Waals surface area (Å²) in [5.41, 5.74) is 10.6. The van der Waals surface area contributed by atoms with Crippen molar-refractivity contribution in [2.45, 2.75) is 78.6 Å². The van der Waals surface area contributed by atoms with E-state index in [1.807, 2.05) is 42.6 Å². The van der Waals surface area contributed by atoms with E-state index in [9.17, 15) is 5.11 Å². The maximum Gasteiger partial charge on any atom is 0.227 e. The molecule has 0 aliphatic carbocycles. The molecule has 2 aromatic heterocycles. The van der Waals surface area contributed by atoms with E-state index in [1.54, 1.807) is 6.07 Å². The van der Waals surface area contributed by atoms with Gasteiger partial charge in [-0.25, -0.2) is 4.98 Å². The Morgan fingerprint density at radius 2 is 1.25 bits per heavy atom. The highest BCUT2D eigenvalue weighted by atomic mass is 16.3. The Labute approximate surface area is 260 Å². The number of pyridine rings is 1. The van der Waals surface area contributed by atoms with Crippen LogP contribution in [0.25, 0.3) is 55.7 Å². The Morgan fingerprint density at radius 1 is 0.591 bits per heavy atom. The van der Waals surface area contributed by atoms with E-state index in [2.05, 4.69) is 98.7 Å². The van der Waals surface area contributed by atoms with Crippen LogP contribution in [-0.4, -0.2) is 15.1 Å². The summed E-state index contributed by atoms with van der Waals surface area (Å²) >= 11 is 0. The average Bonchev–Trinajstić information content (AvgIpc) is 3.40. The fourth-order valence-electron chi connectivity index (χ4n) is 5.89. The summed E-state index contributed by atoms with van der Waals surface area (Å²) in [6, 6.07) is 26.7. The number of benzene rings is 4. The summed E-state index contributed by atoms with van der Waals surface area (Å²) in [6.07, 6.45) is 1.94. The first-order valence-electron chi connectivity index (χ1n) is 15.4. The highest BCUT2D eigenvalue weighted by Crippen LogP contribution is 2.42. The van der Waals surface area contributed by atoms with Crippen molar-refractivity contribution in [3.63, 3.8) is 0 Å². The van der Waals surface area contributed by atoms with Crippen LogP contribution in [0.5, 0.6) is 5.75 Å². The van der Waals surface area contributed by atoms with E-state index in [0.717, 1.165) is 38.9 Å². The minimum Gasteiger partial charge on any atom is -0.507 e. The minimum absolute atomic E-state index is 0.0313. The van der Waals surface area contributed by atoms with Gasteiger partial charge in [-0.3, -0.25) is 4.98 Å². The zero-order valence-electron chi connectivity index (χ0n) is 27.3. The lowest BCUT2D eigenvalue weighted by molar-refractivity contribution is 0.477. The second-order valence-corrected chi connectivity index (χ2v) is 15.0. The first-order chi connectivity index (χ1) is 20.6. The maximum absolute atomic E-state index is 10.6. The lowest BCUT2D eigenvalue weighted by Gasteiger charge is -2.26. The van der Waals surface area contributed by atoms with Gasteiger partial charge in [0.2, 0.25) is 5.89 Å². The average molecular weight is 583 g/mol. The molecule has 0 saturated heterocycles. The van der Waals surface area contributed by atoms with Gasteiger partial charge >= 0.3 is 0 Å². The molecule has 0 fully saturated rings. The number of nitrogens with zero attached hydrogens (tertiary/aromatic N) is 2. The van der Waals surface area contributed by atoms with Gasteiger partial charge in [-0.2, -0.15) is 0 Å². The molecule has 0 atom stereocenters. The highest BCUT2D eigenvalue weighted by Gasteiger charge is 2.25. The van der Waals surface area contributed by atoms with Gasteiger partial charge < -0.3 is 9.52 Å². The predicted octanol–water partition coefficient (Wildman–Crippen LogP) is 11.0. The lowest BCUT2D eigenvalue weighted by Crippen LogP contribution is -2.15. The van der Waals surface area contributed by atoms with Crippen LogP contribution in [0.1, 0.15) is 79.0 Å². The molecule has 0 radical (unpaired) electrons. The quantitative estimate of drug-likeness (QED) is 0.225. The minimum atomic E-state index is -0.112. The number of fused-ring (bicyclic) bond motifs is 2. The largest absolute Gasteiger partial charge is 0.507 e. The molecule has 0 aliphatic heterocycles. The highest BCUT2D eigenvalue weighted by molar-refractivity contribution is 5.98. The molecule has 6 rings (SSSR count). The Hall–Kier alpha value is -4.44. The lowest BCUT2D eigenvalue weighted by atomic mass is 9.79. The first kappa shape index (κ1) is 29.6. The molecule has 4 heteroatoms. The van der Waals surface area contributed by atoms with Crippen molar-refractivity contribution in [3.8, 4) is 39.5 Å². The number of para-hydroxylation sites is 2. The number of hydrogen-bond acceptors (Lipinski definition) is 4. The summed E-state index contributed by atoms with van der Waals surface area (Å²) in [4.78, 5) is 10.0. The third-order valence-electron chi connectivity index (χ3n) is 8.49. The molecule has 0 saturated carbocycles. The molecule has 0 aliphatic rings. The predicted molar refractivity (Wildman–Crippen MR) is 183 cm³/mol. The molecule has 0 spiro atoms. The SMILES string of the molecule is CC(C)(C)c1cc(-c2nc3c(-c4ccccc4O)cccc3o2)cc(-c2cc(C(C)(C)C)cc3c(C(C)(C)C)ccnc23)c1. The standard InChI is InChI=1S/C40H42N2O2/c1-38(2,3)26-20-24(30-22-27(39(4,5)6)23-31-32(40(7,8)9)17-18-41-35(30)31)19-25(21-26)37-42-36-29(14-12-16-34(36)44-37)28-13-10-11-15-33(28)43/h10-23,43H,1-9H3. The summed E-state index contributed by atoms with van der Waals surface area (Å²) in [5.74, 6) is 0.768. The van der Waals surface area contributed by atoms with Crippen molar-refractivity contribution >= 4 is 22.0 Å². The molecule has 44 heavy (non-hydrogen) atoms. The van der Waals surface area contributed by atoms with Gasteiger partial charge in [-0.15, -0.1) is 0 Å². The van der Waals surface area contributed by atoms with Crippen LogP contribution < -0.4 is 0 Å². The molecular formula is C40H42N2O2. The van der Waals surface area contributed by atoms with Gasteiger partial charge in [0.25, 0.3) is 0 Å². The molecule has 2 heterocycles.